The molecule has 2 aromatic carbocycles. The SMILES string of the molecule is COc1cccc(Cc2ncc(-c3ccc(CC(=O)Nc4cc(C(C)(C)C(F)(F)F)on4)c(F)c3)cn2)c1. The number of amides is 1. The van der Waals surface area contributed by atoms with Gasteiger partial charge in [-0.1, -0.05) is 29.4 Å². The summed E-state index contributed by atoms with van der Waals surface area (Å²) in [7, 11) is 1.59. The van der Waals surface area contributed by atoms with Gasteiger partial charge in [0.15, 0.2) is 11.6 Å². The van der Waals surface area contributed by atoms with Gasteiger partial charge in [0.25, 0.3) is 0 Å². The number of nitrogens with one attached hydrogen (secondary N) is 1. The molecule has 0 fully saturated rings. The van der Waals surface area contributed by atoms with E-state index in [9.17, 15) is 22.4 Å². The number of nitrogens with zero attached hydrogens (tertiary/aromatic N) is 3. The summed E-state index contributed by atoms with van der Waals surface area (Å²) in [4.78, 5) is 21.1. The highest BCUT2D eigenvalue weighted by Crippen LogP contribution is 2.41. The van der Waals surface area contributed by atoms with Crippen molar-refractivity contribution in [3.63, 3.8) is 0 Å². The van der Waals surface area contributed by atoms with E-state index in [0.29, 0.717) is 23.4 Å². The first kappa shape index (κ1) is 26.8. The van der Waals surface area contributed by atoms with Gasteiger partial charge in [-0.2, -0.15) is 13.2 Å². The second kappa shape index (κ2) is 10.6. The number of rotatable bonds is 8. The molecular formula is C27H24F4N4O3. The van der Waals surface area contributed by atoms with E-state index in [4.69, 9.17) is 9.26 Å². The van der Waals surface area contributed by atoms with E-state index in [2.05, 4.69) is 20.4 Å². The lowest BCUT2D eigenvalue weighted by atomic mass is 9.89. The maximum absolute atomic E-state index is 14.8. The van der Waals surface area contributed by atoms with E-state index in [0.717, 1.165) is 31.2 Å². The van der Waals surface area contributed by atoms with Gasteiger partial charge in [0, 0.05) is 30.4 Å². The molecule has 0 saturated heterocycles. The average Bonchev–Trinajstić information content (AvgIpc) is 3.34. The third-order valence-electron chi connectivity index (χ3n) is 6.04. The molecule has 38 heavy (non-hydrogen) atoms. The van der Waals surface area contributed by atoms with Crippen molar-refractivity contribution in [2.45, 2.75) is 38.3 Å². The van der Waals surface area contributed by atoms with E-state index >= 15 is 0 Å². The van der Waals surface area contributed by atoms with Crippen LogP contribution in [0.5, 0.6) is 5.75 Å². The molecule has 1 N–H and O–H groups in total. The van der Waals surface area contributed by atoms with E-state index in [1.165, 1.54) is 12.1 Å². The van der Waals surface area contributed by atoms with E-state index in [1.54, 1.807) is 25.6 Å². The second-order valence-electron chi connectivity index (χ2n) is 9.15. The Morgan fingerprint density at radius 3 is 2.42 bits per heavy atom. The third kappa shape index (κ3) is 5.99. The van der Waals surface area contributed by atoms with E-state index in [-0.39, 0.29) is 17.8 Å². The fraction of sp³-hybridized carbons (Fsp3) is 0.259. The van der Waals surface area contributed by atoms with Crippen molar-refractivity contribution in [2.75, 3.05) is 12.4 Å². The van der Waals surface area contributed by atoms with Crippen molar-refractivity contribution < 1.29 is 31.6 Å². The number of alkyl halides is 3. The van der Waals surface area contributed by atoms with Crippen LogP contribution < -0.4 is 10.1 Å². The van der Waals surface area contributed by atoms with Crippen LogP contribution in [0, 0.1) is 5.82 Å². The zero-order valence-electron chi connectivity index (χ0n) is 20.8. The highest BCUT2D eigenvalue weighted by atomic mass is 19.4. The topological polar surface area (TPSA) is 90.1 Å². The van der Waals surface area contributed by atoms with Crippen molar-refractivity contribution in [3.05, 3.63) is 89.5 Å². The molecule has 2 heterocycles. The minimum Gasteiger partial charge on any atom is -0.497 e. The van der Waals surface area contributed by atoms with Gasteiger partial charge in [-0.15, -0.1) is 0 Å². The van der Waals surface area contributed by atoms with Gasteiger partial charge in [0.1, 0.15) is 22.8 Å². The van der Waals surface area contributed by atoms with Crippen molar-refractivity contribution in [2.24, 2.45) is 0 Å². The lowest BCUT2D eigenvalue weighted by Crippen LogP contribution is -2.35. The molecule has 0 aliphatic heterocycles. The number of anilines is 1. The number of carbonyl (C=O) groups is 1. The predicted molar refractivity (Wildman–Crippen MR) is 131 cm³/mol. The van der Waals surface area contributed by atoms with Gasteiger partial charge in [-0.25, -0.2) is 14.4 Å². The molecule has 4 rings (SSSR count). The zero-order chi connectivity index (χ0) is 27.5. The molecule has 0 aliphatic carbocycles. The maximum Gasteiger partial charge on any atom is 0.401 e. The molecule has 0 saturated carbocycles. The van der Waals surface area contributed by atoms with Gasteiger partial charge < -0.3 is 14.6 Å². The van der Waals surface area contributed by atoms with Gasteiger partial charge >= 0.3 is 6.18 Å². The first-order valence-electron chi connectivity index (χ1n) is 11.5. The van der Waals surface area contributed by atoms with Gasteiger partial charge in [0.05, 0.1) is 13.5 Å². The van der Waals surface area contributed by atoms with E-state index in [1.807, 2.05) is 24.3 Å². The molecule has 11 heteroatoms. The molecule has 7 nitrogen and oxygen atoms in total. The average molecular weight is 529 g/mol. The van der Waals surface area contributed by atoms with Crippen molar-refractivity contribution in [1.29, 1.82) is 0 Å². The zero-order valence-corrected chi connectivity index (χ0v) is 20.8. The monoisotopic (exact) mass is 528 g/mol. The van der Waals surface area contributed by atoms with Crippen LogP contribution in [-0.2, 0) is 23.1 Å². The molecule has 2 aromatic heterocycles. The summed E-state index contributed by atoms with van der Waals surface area (Å²) in [5, 5.41) is 5.81. The Morgan fingerprint density at radius 2 is 1.76 bits per heavy atom. The quantitative estimate of drug-likeness (QED) is 0.287. The molecule has 4 aromatic rings. The number of carbonyl (C=O) groups excluding carboxylic acids is 1. The molecule has 0 radical (unpaired) electrons. The van der Waals surface area contributed by atoms with Crippen molar-refractivity contribution in [1.82, 2.24) is 15.1 Å². The fourth-order valence-corrected chi connectivity index (χ4v) is 3.56. The highest BCUT2D eigenvalue weighted by molar-refractivity contribution is 5.91. The Morgan fingerprint density at radius 1 is 1.03 bits per heavy atom. The van der Waals surface area contributed by atoms with Crippen molar-refractivity contribution >= 4 is 11.7 Å². The Bertz CT molecular complexity index is 1430. The lowest BCUT2D eigenvalue weighted by Gasteiger charge is -2.24. The number of hydrogen-bond donors (Lipinski definition) is 1. The summed E-state index contributed by atoms with van der Waals surface area (Å²) >= 11 is 0. The molecular weight excluding hydrogens is 504 g/mol. The minimum atomic E-state index is -4.57. The fourth-order valence-electron chi connectivity index (χ4n) is 3.56. The van der Waals surface area contributed by atoms with Crippen LogP contribution in [-0.4, -0.2) is 34.3 Å². The second-order valence-corrected chi connectivity index (χ2v) is 9.15. The van der Waals surface area contributed by atoms with Gasteiger partial charge in [-0.3, -0.25) is 4.79 Å². The summed E-state index contributed by atoms with van der Waals surface area (Å²) in [5.74, 6) is -0.605. The maximum atomic E-state index is 14.8. The van der Waals surface area contributed by atoms with E-state index < -0.39 is 29.1 Å². The molecule has 0 atom stereocenters. The number of methoxy groups -OCH3 is 1. The van der Waals surface area contributed by atoms with Crippen LogP contribution in [0.2, 0.25) is 0 Å². The number of halogens is 4. The minimum absolute atomic E-state index is 0.0983. The largest absolute Gasteiger partial charge is 0.497 e. The van der Waals surface area contributed by atoms with Crippen LogP contribution in [0.1, 0.15) is 36.6 Å². The summed E-state index contributed by atoms with van der Waals surface area (Å²) in [5.41, 5.74) is -0.0910. The summed E-state index contributed by atoms with van der Waals surface area (Å²) in [6.07, 6.45) is -1.24. The first-order valence-corrected chi connectivity index (χ1v) is 11.5. The first-order chi connectivity index (χ1) is 18.0. The Hall–Kier alpha value is -4.28. The molecule has 0 spiro atoms. The molecule has 0 unspecified atom stereocenters. The smallest absolute Gasteiger partial charge is 0.401 e. The summed E-state index contributed by atoms with van der Waals surface area (Å²) in [6.45, 7) is 1.88. The van der Waals surface area contributed by atoms with Crippen LogP contribution in [0.15, 0.2) is 65.4 Å². The van der Waals surface area contributed by atoms with Crippen LogP contribution in [0.3, 0.4) is 0 Å². The van der Waals surface area contributed by atoms with Crippen LogP contribution >= 0.6 is 0 Å². The van der Waals surface area contributed by atoms with Crippen LogP contribution in [0.4, 0.5) is 23.4 Å². The summed E-state index contributed by atoms with van der Waals surface area (Å²) < 4.78 is 64.3. The third-order valence-corrected chi connectivity index (χ3v) is 6.04. The predicted octanol–water partition coefficient (Wildman–Crippen LogP) is 5.89. The molecule has 0 aliphatic rings. The highest BCUT2D eigenvalue weighted by Gasteiger charge is 2.51. The standard InChI is InChI=1S/C27H24F4N4O3/c1-26(2,27(29,30)31)22-13-24(35-38-22)34-25(36)12-18-8-7-17(11-21(18)28)19-14-32-23(33-15-19)10-16-5-4-6-20(9-16)37-3/h4-9,11,13-15H,10,12H2,1-3H3,(H,34,35,36). The molecule has 0 bridgehead atoms. The number of ether oxygens (including phenoxy) is 1. The van der Waals surface area contributed by atoms with Crippen LogP contribution in [0.25, 0.3) is 11.1 Å². The Balaban J connectivity index is 1.39. The number of aromatic nitrogens is 3. The van der Waals surface area contributed by atoms with Gasteiger partial charge in [0.2, 0.25) is 5.91 Å². The molecule has 1 amide bonds. The lowest BCUT2D eigenvalue weighted by molar-refractivity contribution is -0.185. The van der Waals surface area contributed by atoms with Gasteiger partial charge in [-0.05, 0) is 48.7 Å². The number of benzene rings is 2. The Labute approximate surface area is 215 Å². The summed E-state index contributed by atoms with van der Waals surface area (Å²) in [6, 6.07) is 12.9. The number of hydrogen-bond acceptors (Lipinski definition) is 6. The Kier molecular flexibility index (Phi) is 7.47. The normalized spacial score (nSPS) is 11.9. The van der Waals surface area contributed by atoms with Crippen molar-refractivity contribution in [3.8, 4) is 16.9 Å². The molecule has 198 valence electrons.